The highest BCUT2D eigenvalue weighted by Crippen LogP contribution is 2.34. The molecule has 1 aromatic heterocycles. The second kappa shape index (κ2) is 5.74. The number of hydrogen-bond acceptors (Lipinski definition) is 5. The maximum absolute atomic E-state index is 6.22. The van der Waals surface area contributed by atoms with Gasteiger partial charge in [0.2, 0.25) is 0 Å². The number of pyridine rings is 1. The minimum atomic E-state index is 0.429. The van der Waals surface area contributed by atoms with Gasteiger partial charge >= 0.3 is 0 Å². The number of thioether (sulfide) groups is 1. The Labute approximate surface area is 121 Å². The zero-order valence-corrected chi connectivity index (χ0v) is 12.6. The standard InChI is InChI=1S/C11H16Cl2N4S/c1-6-4-17(5-7(2)18-6)11-9(13)3-8(12)10(15-11)16-14/h3,6-7H,4-5,14H2,1-2H3,(H,15,16). The molecule has 3 N–H and O–H groups in total. The lowest BCUT2D eigenvalue weighted by Crippen LogP contribution is -2.41. The average molecular weight is 307 g/mol. The highest BCUT2D eigenvalue weighted by Gasteiger charge is 2.25. The first-order valence-electron chi connectivity index (χ1n) is 5.74. The molecule has 0 radical (unpaired) electrons. The molecule has 0 bridgehead atoms. The van der Waals surface area contributed by atoms with Crippen LogP contribution >= 0.6 is 35.0 Å². The second-order valence-electron chi connectivity index (χ2n) is 4.43. The number of rotatable bonds is 2. The quantitative estimate of drug-likeness (QED) is 0.650. The minimum absolute atomic E-state index is 0.429. The molecule has 1 aliphatic heterocycles. The summed E-state index contributed by atoms with van der Waals surface area (Å²) in [5.41, 5.74) is 2.49. The third-order valence-electron chi connectivity index (χ3n) is 2.77. The number of nitrogens with one attached hydrogen (secondary N) is 1. The van der Waals surface area contributed by atoms with Crippen molar-refractivity contribution in [1.29, 1.82) is 0 Å². The van der Waals surface area contributed by atoms with Gasteiger partial charge in [-0.1, -0.05) is 37.0 Å². The fourth-order valence-electron chi connectivity index (χ4n) is 2.13. The number of hydrogen-bond donors (Lipinski definition) is 2. The molecular formula is C11H16Cl2N4S. The normalized spacial score (nSPS) is 24.2. The molecule has 0 aromatic carbocycles. The van der Waals surface area contributed by atoms with Crippen LogP contribution in [0.3, 0.4) is 0 Å². The predicted octanol–water partition coefficient (Wildman–Crippen LogP) is 3.00. The van der Waals surface area contributed by atoms with Crippen molar-refractivity contribution in [3.63, 3.8) is 0 Å². The van der Waals surface area contributed by atoms with E-state index < -0.39 is 0 Å². The number of nitrogens with zero attached hydrogens (tertiary/aromatic N) is 2. The van der Waals surface area contributed by atoms with Crippen molar-refractivity contribution >= 4 is 46.6 Å². The lowest BCUT2D eigenvalue weighted by Gasteiger charge is -2.36. The molecule has 0 aliphatic carbocycles. The highest BCUT2D eigenvalue weighted by atomic mass is 35.5. The van der Waals surface area contributed by atoms with Crippen LogP contribution in [-0.4, -0.2) is 28.6 Å². The molecule has 7 heteroatoms. The van der Waals surface area contributed by atoms with Gasteiger partial charge in [0, 0.05) is 23.6 Å². The van der Waals surface area contributed by atoms with E-state index in [1.54, 1.807) is 6.07 Å². The van der Waals surface area contributed by atoms with Gasteiger partial charge in [0.15, 0.2) is 5.82 Å². The minimum Gasteiger partial charge on any atom is -0.353 e. The van der Waals surface area contributed by atoms with Gasteiger partial charge in [-0.15, -0.1) is 0 Å². The summed E-state index contributed by atoms with van der Waals surface area (Å²) in [5, 5.41) is 2.09. The summed E-state index contributed by atoms with van der Waals surface area (Å²) in [6, 6.07) is 1.68. The first-order valence-corrected chi connectivity index (χ1v) is 7.44. The van der Waals surface area contributed by atoms with Crippen LogP contribution in [0.1, 0.15) is 13.8 Å². The van der Waals surface area contributed by atoms with Gasteiger partial charge in [-0.05, 0) is 6.07 Å². The van der Waals surface area contributed by atoms with Crippen LogP contribution < -0.4 is 16.2 Å². The van der Waals surface area contributed by atoms with Crippen LogP contribution in [0.4, 0.5) is 11.6 Å². The Bertz CT molecular complexity index is 433. The summed E-state index contributed by atoms with van der Waals surface area (Å²) in [5.74, 6) is 6.59. The number of anilines is 2. The number of halogens is 2. The van der Waals surface area contributed by atoms with Gasteiger partial charge in [-0.3, -0.25) is 0 Å². The molecule has 2 heterocycles. The van der Waals surface area contributed by atoms with Crippen molar-refractivity contribution in [2.45, 2.75) is 24.3 Å². The molecule has 2 unspecified atom stereocenters. The highest BCUT2D eigenvalue weighted by molar-refractivity contribution is 8.00. The summed E-state index contributed by atoms with van der Waals surface area (Å²) in [6.45, 7) is 6.26. The summed E-state index contributed by atoms with van der Waals surface area (Å²) in [7, 11) is 0. The molecular weight excluding hydrogens is 291 g/mol. The Morgan fingerprint density at radius 3 is 2.50 bits per heavy atom. The third-order valence-corrected chi connectivity index (χ3v) is 4.56. The van der Waals surface area contributed by atoms with E-state index in [9.17, 15) is 0 Å². The van der Waals surface area contributed by atoms with Gasteiger partial charge in [0.25, 0.3) is 0 Å². The summed E-state index contributed by atoms with van der Waals surface area (Å²) >= 11 is 14.2. The van der Waals surface area contributed by atoms with Crippen molar-refractivity contribution in [3.8, 4) is 0 Å². The third kappa shape index (κ3) is 2.96. The van der Waals surface area contributed by atoms with E-state index in [-0.39, 0.29) is 0 Å². The molecule has 18 heavy (non-hydrogen) atoms. The van der Waals surface area contributed by atoms with Crippen LogP contribution in [0.15, 0.2) is 6.07 Å². The molecule has 1 aliphatic rings. The fourth-order valence-corrected chi connectivity index (χ4v) is 3.99. The van der Waals surface area contributed by atoms with E-state index in [4.69, 9.17) is 29.0 Å². The van der Waals surface area contributed by atoms with Crippen LogP contribution in [0.2, 0.25) is 10.0 Å². The molecule has 1 saturated heterocycles. The van der Waals surface area contributed by atoms with Crippen molar-refractivity contribution in [2.24, 2.45) is 5.84 Å². The number of nitrogens with two attached hydrogens (primary N) is 1. The zero-order chi connectivity index (χ0) is 13.3. The Hall–Kier alpha value is -0.360. The van der Waals surface area contributed by atoms with Crippen LogP contribution in [0.25, 0.3) is 0 Å². The average Bonchev–Trinajstić information content (AvgIpc) is 2.27. The summed E-state index contributed by atoms with van der Waals surface area (Å²) < 4.78 is 0. The molecule has 2 rings (SSSR count). The molecule has 4 nitrogen and oxygen atoms in total. The monoisotopic (exact) mass is 306 g/mol. The number of hydrazine groups is 1. The van der Waals surface area contributed by atoms with Gasteiger partial charge in [0.05, 0.1) is 10.0 Å². The van der Waals surface area contributed by atoms with Crippen LogP contribution in [-0.2, 0) is 0 Å². The molecule has 2 atom stereocenters. The molecule has 0 saturated carbocycles. The van der Waals surface area contributed by atoms with E-state index >= 15 is 0 Å². The SMILES string of the molecule is CC1CN(c2nc(NN)c(Cl)cc2Cl)CC(C)S1. The smallest absolute Gasteiger partial charge is 0.161 e. The maximum atomic E-state index is 6.22. The van der Waals surface area contributed by atoms with Gasteiger partial charge in [0.1, 0.15) is 5.82 Å². The van der Waals surface area contributed by atoms with E-state index in [0.717, 1.165) is 18.9 Å². The summed E-state index contributed by atoms with van der Waals surface area (Å²) in [4.78, 5) is 6.59. The first kappa shape index (κ1) is 14.1. The van der Waals surface area contributed by atoms with Crippen molar-refractivity contribution in [1.82, 2.24) is 4.98 Å². The first-order chi connectivity index (χ1) is 8.51. The maximum Gasteiger partial charge on any atom is 0.161 e. The Balaban J connectivity index is 2.32. The lowest BCUT2D eigenvalue weighted by atomic mass is 10.3. The lowest BCUT2D eigenvalue weighted by molar-refractivity contribution is 0.719. The topological polar surface area (TPSA) is 54.2 Å². The van der Waals surface area contributed by atoms with Gasteiger partial charge in [-0.2, -0.15) is 11.8 Å². The Kier molecular flexibility index (Phi) is 4.48. The Morgan fingerprint density at radius 1 is 1.33 bits per heavy atom. The molecule has 1 fully saturated rings. The molecule has 0 amide bonds. The van der Waals surface area contributed by atoms with Crippen molar-refractivity contribution in [2.75, 3.05) is 23.4 Å². The Morgan fingerprint density at radius 2 is 1.94 bits per heavy atom. The molecule has 0 spiro atoms. The number of nitrogen functional groups attached to an aromatic ring is 1. The van der Waals surface area contributed by atoms with E-state index in [0.29, 0.717) is 26.4 Å². The van der Waals surface area contributed by atoms with Crippen molar-refractivity contribution < 1.29 is 0 Å². The van der Waals surface area contributed by atoms with E-state index in [1.807, 2.05) is 11.8 Å². The van der Waals surface area contributed by atoms with E-state index in [1.165, 1.54) is 0 Å². The number of aromatic nitrogens is 1. The van der Waals surface area contributed by atoms with Crippen LogP contribution in [0, 0.1) is 0 Å². The van der Waals surface area contributed by atoms with Gasteiger partial charge < -0.3 is 10.3 Å². The molecule has 100 valence electrons. The van der Waals surface area contributed by atoms with Gasteiger partial charge in [-0.25, -0.2) is 10.8 Å². The van der Waals surface area contributed by atoms with Crippen LogP contribution in [0.5, 0.6) is 0 Å². The largest absolute Gasteiger partial charge is 0.353 e. The van der Waals surface area contributed by atoms with E-state index in [2.05, 4.69) is 29.2 Å². The summed E-state index contributed by atoms with van der Waals surface area (Å²) in [6.07, 6.45) is 0. The van der Waals surface area contributed by atoms with Crippen molar-refractivity contribution in [3.05, 3.63) is 16.1 Å². The second-order valence-corrected chi connectivity index (χ2v) is 7.13. The predicted molar refractivity (Wildman–Crippen MR) is 80.8 cm³/mol. The zero-order valence-electron chi connectivity index (χ0n) is 10.3. The fraction of sp³-hybridized carbons (Fsp3) is 0.545. The molecule has 1 aromatic rings.